The van der Waals surface area contributed by atoms with Gasteiger partial charge in [0.1, 0.15) is 5.75 Å². The molecule has 4 rings (SSSR count). The summed E-state index contributed by atoms with van der Waals surface area (Å²) >= 11 is 0. The number of allylic oxidation sites excluding steroid dienone is 1. The SMILES string of the molecule is CCCC(CCC)=C(c1ccc(C)cc1)c1ccc([C@@H](C)NC(=O)c2cncc(OC3CCC(C)(C)C3)c2)cc1. The maximum Gasteiger partial charge on any atom is 0.253 e. The van der Waals surface area contributed by atoms with Gasteiger partial charge in [-0.2, -0.15) is 0 Å². The number of aryl methyl sites for hydroxylation is 1. The van der Waals surface area contributed by atoms with E-state index >= 15 is 0 Å². The minimum Gasteiger partial charge on any atom is -0.489 e. The minimum absolute atomic E-state index is 0.140. The van der Waals surface area contributed by atoms with E-state index in [0.717, 1.165) is 50.5 Å². The number of hydrogen-bond donors (Lipinski definition) is 1. The van der Waals surface area contributed by atoms with Gasteiger partial charge in [0.25, 0.3) is 5.91 Å². The summed E-state index contributed by atoms with van der Waals surface area (Å²) in [6.07, 6.45) is 11.2. The van der Waals surface area contributed by atoms with Gasteiger partial charge in [0.15, 0.2) is 0 Å². The second kappa shape index (κ2) is 13.3. The van der Waals surface area contributed by atoms with Crippen LogP contribution < -0.4 is 10.1 Å². The van der Waals surface area contributed by atoms with E-state index in [1.165, 1.54) is 27.8 Å². The van der Waals surface area contributed by atoms with Crippen LogP contribution in [0.2, 0.25) is 0 Å². The first kappa shape index (κ1) is 29.6. The van der Waals surface area contributed by atoms with Gasteiger partial charge in [-0.3, -0.25) is 9.78 Å². The lowest BCUT2D eigenvalue weighted by atomic mass is 9.88. The van der Waals surface area contributed by atoms with Crippen LogP contribution in [0.3, 0.4) is 0 Å². The summed E-state index contributed by atoms with van der Waals surface area (Å²) in [5.41, 5.74) is 8.53. The second-order valence-electron chi connectivity index (χ2n) is 12.2. The summed E-state index contributed by atoms with van der Waals surface area (Å²) in [5, 5.41) is 3.15. The van der Waals surface area contributed by atoms with Crippen LogP contribution in [-0.4, -0.2) is 17.0 Å². The molecule has 212 valence electrons. The number of nitrogens with one attached hydrogen (secondary N) is 1. The summed E-state index contributed by atoms with van der Waals surface area (Å²) in [6.45, 7) is 13.2. The number of ether oxygens (including phenoxy) is 1. The lowest BCUT2D eigenvalue weighted by Crippen LogP contribution is -2.27. The number of benzene rings is 2. The molecule has 1 saturated carbocycles. The topological polar surface area (TPSA) is 51.2 Å². The van der Waals surface area contributed by atoms with Crippen molar-refractivity contribution in [3.63, 3.8) is 0 Å². The molecule has 1 amide bonds. The first-order valence-corrected chi connectivity index (χ1v) is 15.0. The third-order valence-corrected chi connectivity index (χ3v) is 8.05. The van der Waals surface area contributed by atoms with E-state index in [1.807, 2.05) is 13.0 Å². The lowest BCUT2D eigenvalue weighted by Gasteiger charge is -2.19. The van der Waals surface area contributed by atoms with E-state index in [1.54, 1.807) is 12.4 Å². The van der Waals surface area contributed by atoms with Crippen LogP contribution >= 0.6 is 0 Å². The molecule has 4 heteroatoms. The van der Waals surface area contributed by atoms with E-state index in [-0.39, 0.29) is 18.1 Å². The highest BCUT2D eigenvalue weighted by Gasteiger charge is 2.32. The van der Waals surface area contributed by atoms with Gasteiger partial charge in [-0.1, -0.05) is 100 Å². The van der Waals surface area contributed by atoms with Crippen LogP contribution in [0, 0.1) is 12.3 Å². The van der Waals surface area contributed by atoms with Crippen molar-refractivity contribution < 1.29 is 9.53 Å². The molecular weight excluding hydrogens is 492 g/mol. The molecule has 1 heterocycles. The zero-order chi connectivity index (χ0) is 28.7. The van der Waals surface area contributed by atoms with E-state index < -0.39 is 0 Å². The average molecular weight is 539 g/mol. The molecule has 1 N–H and O–H groups in total. The number of aromatic nitrogens is 1. The van der Waals surface area contributed by atoms with E-state index in [0.29, 0.717) is 16.7 Å². The van der Waals surface area contributed by atoms with Crippen LogP contribution in [-0.2, 0) is 0 Å². The Morgan fingerprint density at radius 1 is 0.975 bits per heavy atom. The Balaban J connectivity index is 1.49. The zero-order valence-electron chi connectivity index (χ0n) is 25.2. The molecule has 1 aliphatic carbocycles. The van der Waals surface area contributed by atoms with Gasteiger partial charge < -0.3 is 10.1 Å². The smallest absolute Gasteiger partial charge is 0.253 e. The molecule has 0 saturated heterocycles. The molecule has 0 bridgehead atoms. The molecule has 4 nitrogen and oxygen atoms in total. The van der Waals surface area contributed by atoms with E-state index in [2.05, 4.69) is 93.5 Å². The zero-order valence-corrected chi connectivity index (χ0v) is 25.2. The summed E-state index contributed by atoms with van der Waals surface area (Å²) in [6, 6.07) is 19.2. The molecule has 2 atom stereocenters. The molecule has 0 aliphatic heterocycles. The van der Waals surface area contributed by atoms with Crippen molar-refractivity contribution in [2.45, 2.75) is 98.6 Å². The monoisotopic (exact) mass is 538 g/mol. The predicted molar refractivity (Wildman–Crippen MR) is 166 cm³/mol. The number of amides is 1. The average Bonchev–Trinajstić information content (AvgIpc) is 3.28. The van der Waals surface area contributed by atoms with Crippen molar-refractivity contribution in [3.8, 4) is 5.75 Å². The normalized spacial score (nSPS) is 16.8. The Morgan fingerprint density at radius 2 is 1.60 bits per heavy atom. The van der Waals surface area contributed by atoms with E-state index in [4.69, 9.17) is 4.74 Å². The second-order valence-corrected chi connectivity index (χ2v) is 12.2. The maximum atomic E-state index is 13.1. The highest BCUT2D eigenvalue weighted by Crippen LogP contribution is 2.39. The quantitative estimate of drug-likeness (QED) is 0.265. The van der Waals surface area contributed by atoms with Crippen molar-refractivity contribution in [3.05, 3.63) is 100 Å². The number of nitrogens with zero attached hydrogens (tertiary/aromatic N) is 1. The molecule has 0 radical (unpaired) electrons. The Labute approximate surface area is 241 Å². The maximum absolute atomic E-state index is 13.1. The fourth-order valence-electron chi connectivity index (χ4n) is 5.85. The lowest BCUT2D eigenvalue weighted by molar-refractivity contribution is 0.0938. The number of carbonyl (C=O) groups excluding carboxylic acids is 1. The molecule has 1 fully saturated rings. The summed E-state index contributed by atoms with van der Waals surface area (Å²) in [5.74, 6) is 0.521. The third-order valence-electron chi connectivity index (χ3n) is 8.05. The number of hydrogen-bond acceptors (Lipinski definition) is 3. The molecule has 3 aromatic rings. The molecule has 1 unspecified atom stereocenters. The van der Waals surface area contributed by atoms with Crippen molar-refractivity contribution in [1.82, 2.24) is 10.3 Å². The van der Waals surface area contributed by atoms with Crippen LogP contribution in [0.25, 0.3) is 5.57 Å². The van der Waals surface area contributed by atoms with Crippen LogP contribution in [0.5, 0.6) is 5.75 Å². The summed E-state index contributed by atoms with van der Waals surface area (Å²) in [7, 11) is 0. The summed E-state index contributed by atoms with van der Waals surface area (Å²) < 4.78 is 6.18. The Kier molecular flexibility index (Phi) is 9.84. The van der Waals surface area contributed by atoms with Gasteiger partial charge >= 0.3 is 0 Å². The first-order valence-electron chi connectivity index (χ1n) is 15.0. The van der Waals surface area contributed by atoms with Gasteiger partial charge in [-0.15, -0.1) is 0 Å². The highest BCUT2D eigenvalue weighted by atomic mass is 16.5. The van der Waals surface area contributed by atoms with Crippen LogP contribution in [0.15, 0.2) is 72.6 Å². The van der Waals surface area contributed by atoms with Gasteiger partial charge in [0.2, 0.25) is 0 Å². The van der Waals surface area contributed by atoms with Gasteiger partial charge in [0, 0.05) is 6.20 Å². The van der Waals surface area contributed by atoms with Crippen molar-refractivity contribution in [2.24, 2.45) is 5.41 Å². The molecule has 40 heavy (non-hydrogen) atoms. The number of rotatable bonds is 11. The molecule has 1 aromatic heterocycles. The fourth-order valence-corrected chi connectivity index (χ4v) is 5.85. The standard InChI is InChI=1S/C36H46N2O2/c1-7-9-28(10-8-2)34(29-13-11-25(3)12-14-29)30-17-15-27(16-18-30)26(4)38-35(39)31-21-33(24-37-23-31)40-32-19-20-36(5,6)22-32/h11-18,21,23-24,26,32H,7-10,19-20,22H2,1-6H3,(H,38,39)/t26-,32?/m1/s1. The number of pyridine rings is 1. The Morgan fingerprint density at radius 3 is 2.17 bits per heavy atom. The van der Waals surface area contributed by atoms with Gasteiger partial charge in [0.05, 0.1) is 23.9 Å². The molecule has 0 spiro atoms. The molecular formula is C36H46N2O2. The Hall–Kier alpha value is -3.40. The van der Waals surface area contributed by atoms with E-state index in [9.17, 15) is 4.79 Å². The fraction of sp³-hybridized carbons (Fsp3) is 0.444. The van der Waals surface area contributed by atoms with Crippen molar-refractivity contribution in [2.75, 3.05) is 0 Å². The minimum atomic E-state index is -0.144. The number of carbonyl (C=O) groups is 1. The van der Waals surface area contributed by atoms with Crippen LogP contribution in [0.1, 0.15) is 118 Å². The van der Waals surface area contributed by atoms with Crippen molar-refractivity contribution in [1.29, 1.82) is 0 Å². The largest absolute Gasteiger partial charge is 0.489 e. The van der Waals surface area contributed by atoms with Crippen LogP contribution in [0.4, 0.5) is 0 Å². The van der Waals surface area contributed by atoms with Crippen molar-refractivity contribution >= 4 is 11.5 Å². The van der Waals surface area contributed by atoms with Gasteiger partial charge in [-0.25, -0.2) is 0 Å². The molecule has 1 aliphatic rings. The predicted octanol–water partition coefficient (Wildman–Crippen LogP) is 9.24. The molecule has 2 aromatic carbocycles. The van der Waals surface area contributed by atoms with Gasteiger partial charge in [-0.05, 0) is 79.7 Å². The highest BCUT2D eigenvalue weighted by molar-refractivity contribution is 5.94. The Bertz CT molecular complexity index is 1300. The summed E-state index contributed by atoms with van der Waals surface area (Å²) in [4.78, 5) is 17.4. The first-order chi connectivity index (χ1) is 19.2. The third kappa shape index (κ3) is 7.62.